The summed E-state index contributed by atoms with van der Waals surface area (Å²) in [6.45, 7) is 6.16. The summed E-state index contributed by atoms with van der Waals surface area (Å²) >= 11 is 6.02. The van der Waals surface area contributed by atoms with Crippen LogP contribution in [-0.4, -0.2) is 58.1 Å². The number of sulfonamides is 1. The third kappa shape index (κ3) is 5.21. The fraction of sp³-hybridized carbons (Fsp3) is 0.370. The third-order valence-electron chi connectivity index (χ3n) is 7.40. The van der Waals surface area contributed by atoms with Crippen molar-refractivity contribution in [3.63, 3.8) is 0 Å². The van der Waals surface area contributed by atoms with Crippen LogP contribution in [0.4, 0.5) is 11.6 Å². The van der Waals surface area contributed by atoms with E-state index in [-0.39, 0.29) is 28.1 Å². The molecule has 1 aromatic carbocycles. The van der Waals surface area contributed by atoms with Crippen molar-refractivity contribution in [2.75, 3.05) is 29.7 Å². The van der Waals surface area contributed by atoms with Gasteiger partial charge in [0.25, 0.3) is 11.5 Å². The summed E-state index contributed by atoms with van der Waals surface area (Å²) in [5, 5.41) is 8.47. The summed E-state index contributed by atoms with van der Waals surface area (Å²) in [6.07, 6.45) is 2.92. The quantitative estimate of drug-likeness (QED) is 0.298. The number of ether oxygens (including phenoxy) is 1. The molecule has 3 aromatic heterocycles. The minimum atomic E-state index is -3.83. The standard InChI is InChI=1S/C27H29ClN8O5S/c1-14-7-18(15(2)29-20-5-6-22(28)30-24(20)25(37)33-42(4,39)40)23-19(8-14)26(38)34(3)27(31-23)35-9-16-10-36(17-12-41-13-17)32-21(16)11-35/h5-8,10,15,17,29H,9,11-13H2,1-4H3,(H,33,37)/t15-/m1/s1. The molecule has 220 valence electrons. The van der Waals surface area contributed by atoms with Crippen molar-refractivity contribution in [2.45, 2.75) is 39.0 Å². The average molecular weight is 613 g/mol. The van der Waals surface area contributed by atoms with Crippen molar-refractivity contribution in [1.29, 1.82) is 0 Å². The molecule has 1 amide bonds. The van der Waals surface area contributed by atoms with Gasteiger partial charge in [-0.05, 0) is 37.6 Å². The molecule has 4 aromatic rings. The summed E-state index contributed by atoms with van der Waals surface area (Å²) in [5.41, 5.74) is 4.04. The lowest BCUT2D eigenvalue weighted by Gasteiger charge is -2.26. The van der Waals surface area contributed by atoms with Crippen LogP contribution in [-0.2, 0) is 34.9 Å². The molecule has 2 N–H and O–H groups in total. The molecule has 0 radical (unpaired) electrons. The number of nitrogens with zero attached hydrogens (tertiary/aromatic N) is 6. The summed E-state index contributed by atoms with van der Waals surface area (Å²) in [5.74, 6) is -0.402. The molecule has 1 fully saturated rings. The van der Waals surface area contributed by atoms with Gasteiger partial charge in [-0.2, -0.15) is 5.10 Å². The number of pyridine rings is 1. The maximum absolute atomic E-state index is 13.6. The minimum absolute atomic E-state index is 0.0295. The smallest absolute Gasteiger partial charge is 0.285 e. The van der Waals surface area contributed by atoms with Crippen LogP contribution in [0.3, 0.4) is 0 Å². The zero-order valence-electron chi connectivity index (χ0n) is 23.4. The molecule has 1 saturated heterocycles. The molecule has 2 aliphatic rings. The van der Waals surface area contributed by atoms with Crippen LogP contribution in [0.5, 0.6) is 0 Å². The molecular formula is C27H29ClN8O5S. The van der Waals surface area contributed by atoms with Crippen LogP contribution in [0.25, 0.3) is 10.9 Å². The van der Waals surface area contributed by atoms with Crippen LogP contribution >= 0.6 is 11.6 Å². The predicted octanol–water partition coefficient (Wildman–Crippen LogP) is 2.44. The van der Waals surface area contributed by atoms with E-state index in [4.69, 9.17) is 26.4 Å². The van der Waals surface area contributed by atoms with Crippen LogP contribution in [0.2, 0.25) is 5.15 Å². The molecule has 2 aliphatic heterocycles. The maximum atomic E-state index is 13.6. The SMILES string of the molecule is Cc1cc([C@@H](C)Nc2ccc(Cl)nc2C(=O)NS(C)(=O)=O)c2nc(N3Cc4cn(C5COC5)nc4C3)n(C)c(=O)c2c1. The predicted molar refractivity (Wildman–Crippen MR) is 157 cm³/mol. The van der Waals surface area contributed by atoms with Crippen LogP contribution in [0.1, 0.15) is 51.9 Å². The number of fused-ring (bicyclic) bond motifs is 2. The number of benzene rings is 1. The lowest BCUT2D eigenvalue weighted by Crippen LogP contribution is -2.32. The van der Waals surface area contributed by atoms with Crippen molar-refractivity contribution >= 4 is 50.1 Å². The second-order valence-electron chi connectivity index (χ2n) is 10.8. The van der Waals surface area contributed by atoms with Crippen molar-refractivity contribution in [3.8, 4) is 0 Å². The zero-order chi connectivity index (χ0) is 29.9. The van der Waals surface area contributed by atoms with Gasteiger partial charge in [0.2, 0.25) is 16.0 Å². The Bertz CT molecular complexity index is 1890. The molecule has 1 atom stereocenters. The number of hydrogen-bond donors (Lipinski definition) is 2. The first-order valence-electron chi connectivity index (χ1n) is 13.2. The number of aryl methyl sites for hydroxylation is 1. The van der Waals surface area contributed by atoms with E-state index < -0.39 is 22.0 Å². The fourth-order valence-corrected chi connectivity index (χ4v) is 5.87. The minimum Gasteiger partial charge on any atom is -0.377 e. The van der Waals surface area contributed by atoms with Crippen LogP contribution in [0, 0.1) is 6.92 Å². The molecule has 0 unspecified atom stereocenters. The molecule has 0 spiro atoms. The van der Waals surface area contributed by atoms with E-state index in [0.717, 1.165) is 28.6 Å². The monoisotopic (exact) mass is 612 g/mol. The Balaban J connectivity index is 1.35. The Kier molecular flexibility index (Phi) is 6.94. The van der Waals surface area contributed by atoms with E-state index in [0.29, 0.717) is 43.2 Å². The number of carbonyl (C=O) groups is 1. The number of amides is 1. The highest BCUT2D eigenvalue weighted by molar-refractivity contribution is 7.89. The van der Waals surface area contributed by atoms with Gasteiger partial charge in [-0.1, -0.05) is 17.7 Å². The normalized spacial score (nSPS) is 15.9. The Hall–Kier alpha value is -4.01. The molecular weight excluding hydrogens is 584 g/mol. The summed E-state index contributed by atoms with van der Waals surface area (Å²) in [4.78, 5) is 37.4. The first-order valence-corrected chi connectivity index (χ1v) is 15.5. The van der Waals surface area contributed by atoms with Crippen LogP contribution in [0.15, 0.2) is 35.3 Å². The fourth-order valence-electron chi connectivity index (χ4n) is 5.29. The second kappa shape index (κ2) is 10.4. The zero-order valence-corrected chi connectivity index (χ0v) is 25.0. The number of hydrogen-bond acceptors (Lipinski definition) is 10. The third-order valence-corrected chi connectivity index (χ3v) is 8.16. The van der Waals surface area contributed by atoms with Gasteiger partial charge in [0.1, 0.15) is 5.15 Å². The van der Waals surface area contributed by atoms with E-state index in [9.17, 15) is 18.0 Å². The summed E-state index contributed by atoms with van der Waals surface area (Å²) in [7, 11) is -2.12. The Labute approximate surface area is 246 Å². The molecule has 6 rings (SSSR count). The topological polar surface area (TPSA) is 153 Å². The van der Waals surface area contributed by atoms with Gasteiger partial charge in [0, 0.05) is 30.9 Å². The highest BCUT2D eigenvalue weighted by Gasteiger charge is 2.30. The number of carbonyl (C=O) groups excluding carboxylic acids is 1. The van der Waals surface area contributed by atoms with Gasteiger partial charge in [-0.3, -0.25) is 18.8 Å². The van der Waals surface area contributed by atoms with Gasteiger partial charge < -0.3 is 15.0 Å². The number of nitrogens with one attached hydrogen (secondary N) is 2. The second-order valence-corrected chi connectivity index (χ2v) is 12.9. The number of aromatic nitrogens is 5. The number of rotatable bonds is 7. The highest BCUT2D eigenvalue weighted by Crippen LogP contribution is 2.32. The van der Waals surface area contributed by atoms with Crippen molar-refractivity contribution in [2.24, 2.45) is 7.05 Å². The van der Waals surface area contributed by atoms with E-state index in [1.54, 1.807) is 17.7 Å². The summed E-state index contributed by atoms with van der Waals surface area (Å²) < 4.78 is 34.1. The van der Waals surface area contributed by atoms with Crippen LogP contribution < -0.4 is 20.5 Å². The van der Waals surface area contributed by atoms with E-state index in [2.05, 4.69) is 10.3 Å². The lowest BCUT2D eigenvalue weighted by molar-refractivity contribution is -0.0288. The van der Waals surface area contributed by atoms with Gasteiger partial charge in [-0.25, -0.2) is 23.1 Å². The highest BCUT2D eigenvalue weighted by atomic mass is 35.5. The Morgan fingerprint density at radius 3 is 2.62 bits per heavy atom. The molecule has 15 heteroatoms. The first-order chi connectivity index (χ1) is 19.9. The number of anilines is 2. The van der Waals surface area contributed by atoms with Crippen molar-refractivity contribution < 1.29 is 17.9 Å². The number of halogens is 1. The van der Waals surface area contributed by atoms with Gasteiger partial charge in [-0.15, -0.1) is 0 Å². The molecule has 13 nitrogen and oxygen atoms in total. The molecule has 0 bridgehead atoms. The van der Waals surface area contributed by atoms with Gasteiger partial charge >= 0.3 is 0 Å². The average Bonchev–Trinajstić information content (AvgIpc) is 3.44. The molecule has 0 aliphatic carbocycles. The van der Waals surface area contributed by atoms with Crippen molar-refractivity contribution in [3.05, 3.63) is 74.0 Å². The van der Waals surface area contributed by atoms with E-state index >= 15 is 0 Å². The first kappa shape index (κ1) is 28.1. The Morgan fingerprint density at radius 2 is 1.95 bits per heavy atom. The van der Waals surface area contributed by atoms with E-state index in [1.165, 1.54) is 6.07 Å². The maximum Gasteiger partial charge on any atom is 0.285 e. The van der Waals surface area contributed by atoms with E-state index in [1.807, 2.05) is 46.5 Å². The molecule has 0 saturated carbocycles. The molecule has 5 heterocycles. The summed E-state index contributed by atoms with van der Waals surface area (Å²) in [6, 6.07) is 6.59. The largest absolute Gasteiger partial charge is 0.377 e. The Morgan fingerprint density at radius 1 is 1.19 bits per heavy atom. The lowest BCUT2D eigenvalue weighted by atomic mass is 10.0. The van der Waals surface area contributed by atoms with Gasteiger partial charge in [0.05, 0.1) is 60.4 Å². The van der Waals surface area contributed by atoms with Gasteiger partial charge in [0.15, 0.2) is 5.69 Å². The molecule has 42 heavy (non-hydrogen) atoms. The van der Waals surface area contributed by atoms with Crippen molar-refractivity contribution in [1.82, 2.24) is 29.0 Å².